The van der Waals surface area contributed by atoms with Gasteiger partial charge in [0.05, 0.1) is 17.3 Å². The summed E-state index contributed by atoms with van der Waals surface area (Å²) < 4.78 is 45.9. The number of carboxylic acids is 1. The zero-order chi connectivity index (χ0) is 25.9. The molecule has 1 aliphatic rings. The van der Waals surface area contributed by atoms with Gasteiger partial charge in [-0.3, -0.25) is 9.78 Å². The second-order valence-electron chi connectivity index (χ2n) is 7.93. The highest BCUT2D eigenvalue weighted by atomic mass is 19.4. The fraction of sp³-hybridized carbons (Fsp3) is 0.115. The van der Waals surface area contributed by atoms with Crippen LogP contribution in [0.25, 0.3) is 22.5 Å². The Morgan fingerprint density at radius 3 is 2.31 bits per heavy atom. The van der Waals surface area contributed by atoms with E-state index in [1.807, 2.05) is 48.5 Å². The molecule has 2 aromatic carbocycles. The fourth-order valence-corrected chi connectivity index (χ4v) is 3.81. The smallest absolute Gasteiger partial charge is 0.475 e. The van der Waals surface area contributed by atoms with Crippen molar-refractivity contribution >= 4 is 11.9 Å². The lowest BCUT2D eigenvalue weighted by Crippen LogP contribution is -2.34. The van der Waals surface area contributed by atoms with Crippen LogP contribution in [0.15, 0.2) is 79.0 Å². The summed E-state index contributed by atoms with van der Waals surface area (Å²) in [5, 5.41) is 10.2. The molecule has 0 bridgehead atoms. The summed E-state index contributed by atoms with van der Waals surface area (Å²) >= 11 is 0. The number of pyridine rings is 1. The number of rotatable bonds is 3. The molecular weight excluding hydrogens is 478 g/mol. The number of fused-ring (bicyclic) bond motifs is 1. The highest BCUT2D eigenvalue weighted by Crippen LogP contribution is 2.31. The molecule has 1 amide bonds. The zero-order valence-electron chi connectivity index (χ0n) is 18.5. The molecule has 1 atom stereocenters. The highest BCUT2D eigenvalue weighted by Gasteiger charge is 2.38. The minimum Gasteiger partial charge on any atom is -0.475 e. The molecule has 10 heteroatoms. The number of amides is 1. The number of hydrogen-bond acceptors (Lipinski definition) is 3. The number of nitrogens with zero attached hydrogens (tertiary/aromatic N) is 1. The quantitative estimate of drug-likeness (QED) is 0.324. The maximum absolute atomic E-state index is 14.1. The third-order valence-electron chi connectivity index (χ3n) is 5.52. The average Bonchev–Trinajstić information content (AvgIpc) is 3.30. The van der Waals surface area contributed by atoms with E-state index in [0.29, 0.717) is 23.2 Å². The molecule has 0 spiro atoms. The largest absolute Gasteiger partial charge is 0.490 e. The third kappa shape index (κ3) is 5.43. The first-order valence-corrected chi connectivity index (χ1v) is 10.7. The molecule has 3 heterocycles. The molecule has 5 rings (SSSR count). The first kappa shape index (κ1) is 24.6. The van der Waals surface area contributed by atoms with Crippen LogP contribution in [0.3, 0.4) is 0 Å². The lowest BCUT2D eigenvalue weighted by Gasteiger charge is -2.23. The van der Waals surface area contributed by atoms with Gasteiger partial charge in [0.25, 0.3) is 5.91 Å². The number of H-pyrrole nitrogens is 1. The summed E-state index contributed by atoms with van der Waals surface area (Å²) in [6.45, 7) is 0. The summed E-state index contributed by atoms with van der Waals surface area (Å²) in [5.41, 5.74) is 5.31. The van der Waals surface area contributed by atoms with E-state index in [0.717, 1.165) is 22.5 Å². The number of nitrogens with one attached hydrogen (secondary N) is 2. The molecule has 1 unspecified atom stereocenters. The van der Waals surface area contributed by atoms with Crippen LogP contribution < -0.4 is 5.32 Å². The average molecular weight is 497 g/mol. The molecule has 6 nitrogen and oxygen atoms in total. The van der Waals surface area contributed by atoms with Crippen molar-refractivity contribution in [3.05, 3.63) is 102 Å². The first-order valence-electron chi connectivity index (χ1n) is 10.7. The summed E-state index contributed by atoms with van der Waals surface area (Å²) in [6, 6.07) is 22.0. The standard InChI is InChI=1S/C24H18FN3O.C2HF3O2/c25-19-9-5-4-8-17(19)22-12-16(10-11-26-22)20-13-18-23(27-20)14-21(28-24(18)29)15-6-2-1-3-7-15;3-2(4,5)1(6)7/h1-13,21,27H,14H2,(H,28,29);(H,6,7). The van der Waals surface area contributed by atoms with Crippen molar-refractivity contribution in [3.8, 4) is 22.5 Å². The van der Waals surface area contributed by atoms with Crippen molar-refractivity contribution in [2.45, 2.75) is 18.6 Å². The van der Waals surface area contributed by atoms with Gasteiger partial charge in [0, 0.05) is 35.1 Å². The van der Waals surface area contributed by atoms with Crippen molar-refractivity contribution in [3.63, 3.8) is 0 Å². The molecule has 4 aromatic rings. The van der Waals surface area contributed by atoms with Gasteiger partial charge in [0.15, 0.2) is 0 Å². The van der Waals surface area contributed by atoms with Gasteiger partial charge in [-0.2, -0.15) is 13.2 Å². The number of carbonyl (C=O) groups excluding carboxylic acids is 1. The number of benzene rings is 2. The van der Waals surface area contributed by atoms with Gasteiger partial charge in [-0.1, -0.05) is 42.5 Å². The lowest BCUT2D eigenvalue weighted by molar-refractivity contribution is -0.192. The molecule has 0 saturated heterocycles. The van der Waals surface area contributed by atoms with Gasteiger partial charge in [0.2, 0.25) is 0 Å². The second-order valence-corrected chi connectivity index (χ2v) is 7.93. The number of hydrogen-bond donors (Lipinski definition) is 3. The lowest BCUT2D eigenvalue weighted by atomic mass is 9.96. The topological polar surface area (TPSA) is 95.1 Å². The summed E-state index contributed by atoms with van der Waals surface area (Å²) in [4.78, 5) is 29.3. The molecule has 36 heavy (non-hydrogen) atoms. The highest BCUT2D eigenvalue weighted by molar-refractivity contribution is 5.98. The summed E-state index contributed by atoms with van der Waals surface area (Å²) in [5.74, 6) is -3.16. The van der Waals surface area contributed by atoms with Gasteiger partial charge < -0.3 is 15.4 Å². The van der Waals surface area contributed by atoms with Crippen LogP contribution in [0.2, 0.25) is 0 Å². The minimum atomic E-state index is -5.08. The van der Waals surface area contributed by atoms with E-state index in [1.165, 1.54) is 6.07 Å². The Morgan fingerprint density at radius 2 is 1.64 bits per heavy atom. The predicted octanol–water partition coefficient (Wildman–Crippen LogP) is 5.54. The Bertz CT molecular complexity index is 1400. The van der Waals surface area contributed by atoms with Gasteiger partial charge in [0.1, 0.15) is 5.82 Å². The van der Waals surface area contributed by atoms with Crippen molar-refractivity contribution < 1.29 is 32.3 Å². The van der Waals surface area contributed by atoms with Crippen LogP contribution in [0, 0.1) is 5.82 Å². The Kier molecular flexibility index (Phi) is 6.86. The van der Waals surface area contributed by atoms with E-state index in [-0.39, 0.29) is 17.8 Å². The molecule has 3 N–H and O–H groups in total. The van der Waals surface area contributed by atoms with Crippen molar-refractivity contribution in [1.29, 1.82) is 0 Å². The molecule has 1 aliphatic heterocycles. The number of aromatic nitrogens is 2. The zero-order valence-corrected chi connectivity index (χ0v) is 18.5. The molecular formula is C26H19F4N3O3. The monoisotopic (exact) mass is 497 g/mol. The Labute approximate surface area is 202 Å². The number of carboxylic acid groups (broad SMARTS) is 1. The maximum atomic E-state index is 14.1. The fourth-order valence-electron chi connectivity index (χ4n) is 3.81. The normalized spacial score (nSPS) is 14.8. The predicted molar refractivity (Wildman–Crippen MR) is 123 cm³/mol. The van der Waals surface area contributed by atoms with Gasteiger partial charge in [-0.25, -0.2) is 9.18 Å². The molecule has 0 aliphatic carbocycles. The molecule has 0 fully saturated rings. The van der Waals surface area contributed by atoms with Crippen molar-refractivity contribution in [2.75, 3.05) is 0 Å². The number of halogens is 4. The van der Waals surface area contributed by atoms with E-state index >= 15 is 0 Å². The SMILES string of the molecule is O=C(O)C(F)(F)F.O=C1NC(c2ccccc2)Cc2[nH]c(-c3ccnc(-c4ccccc4F)c3)cc21. The van der Waals surface area contributed by atoms with Crippen molar-refractivity contribution in [1.82, 2.24) is 15.3 Å². The van der Waals surface area contributed by atoms with E-state index in [1.54, 1.807) is 24.4 Å². The Morgan fingerprint density at radius 1 is 0.972 bits per heavy atom. The second kappa shape index (κ2) is 10.0. The number of alkyl halides is 3. The number of aromatic amines is 1. The van der Waals surface area contributed by atoms with E-state index in [2.05, 4.69) is 15.3 Å². The number of carbonyl (C=O) groups is 2. The van der Waals surface area contributed by atoms with Crippen LogP contribution in [-0.4, -0.2) is 33.1 Å². The molecule has 0 radical (unpaired) electrons. The Hall–Kier alpha value is -4.47. The van der Waals surface area contributed by atoms with Crippen LogP contribution in [-0.2, 0) is 11.2 Å². The van der Waals surface area contributed by atoms with E-state index in [9.17, 15) is 22.4 Å². The van der Waals surface area contributed by atoms with Crippen molar-refractivity contribution in [2.24, 2.45) is 0 Å². The maximum Gasteiger partial charge on any atom is 0.490 e. The minimum absolute atomic E-state index is 0.0610. The first-order chi connectivity index (χ1) is 17.1. The number of aliphatic carboxylic acids is 1. The van der Waals surface area contributed by atoms with E-state index in [4.69, 9.17) is 9.90 Å². The molecule has 0 saturated carbocycles. The Balaban J connectivity index is 0.000000384. The van der Waals surface area contributed by atoms with Crippen LogP contribution in [0.4, 0.5) is 17.6 Å². The summed E-state index contributed by atoms with van der Waals surface area (Å²) in [7, 11) is 0. The summed E-state index contributed by atoms with van der Waals surface area (Å²) in [6.07, 6.45) is -2.74. The van der Waals surface area contributed by atoms with Crippen LogP contribution in [0.5, 0.6) is 0 Å². The van der Waals surface area contributed by atoms with E-state index < -0.39 is 12.1 Å². The molecule has 184 valence electrons. The van der Waals surface area contributed by atoms with Gasteiger partial charge in [-0.15, -0.1) is 0 Å². The van der Waals surface area contributed by atoms with Gasteiger partial charge >= 0.3 is 12.1 Å². The van der Waals surface area contributed by atoms with Crippen LogP contribution >= 0.6 is 0 Å². The third-order valence-corrected chi connectivity index (χ3v) is 5.52. The molecule has 2 aromatic heterocycles. The van der Waals surface area contributed by atoms with Crippen LogP contribution in [0.1, 0.15) is 27.7 Å². The van der Waals surface area contributed by atoms with Gasteiger partial charge in [-0.05, 0) is 35.9 Å².